The zero-order valence-corrected chi connectivity index (χ0v) is 15.3. The van der Waals surface area contributed by atoms with Crippen molar-refractivity contribution < 1.29 is 28.7 Å². The van der Waals surface area contributed by atoms with Gasteiger partial charge in [0.25, 0.3) is 11.6 Å². The van der Waals surface area contributed by atoms with Gasteiger partial charge in [-0.15, -0.1) is 11.3 Å². The van der Waals surface area contributed by atoms with Crippen molar-refractivity contribution in [2.24, 2.45) is 0 Å². The van der Waals surface area contributed by atoms with E-state index in [0.29, 0.717) is 30.4 Å². The Labute approximate surface area is 162 Å². The van der Waals surface area contributed by atoms with Crippen LogP contribution in [0.4, 0.5) is 11.4 Å². The highest BCUT2D eigenvalue weighted by Crippen LogP contribution is 2.39. The number of carbonyl (C=O) groups excluding carboxylic acids is 2. The van der Waals surface area contributed by atoms with Gasteiger partial charge in [-0.25, -0.2) is 9.78 Å². The average molecular weight is 405 g/mol. The van der Waals surface area contributed by atoms with Gasteiger partial charge in [0.15, 0.2) is 18.1 Å². The van der Waals surface area contributed by atoms with Crippen LogP contribution in [0.25, 0.3) is 6.08 Å². The molecule has 0 unspecified atom stereocenters. The van der Waals surface area contributed by atoms with Gasteiger partial charge in [0.05, 0.1) is 24.2 Å². The maximum atomic E-state index is 12.0. The lowest BCUT2D eigenvalue weighted by atomic mass is 10.2. The number of amides is 1. The molecule has 10 nitrogen and oxygen atoms in total. The number of hydrogen-bond donors (Lipinski definition) is 1. The predicted molar refractivity (Wildman–Crippen MR) is 99.4 cm³/mol. The smallest absolute Gasteiger partial charge is 0.331 e. The Bertz CT molecular complexity index is 912. The fourth-order valence-corrected chi connectivity index (χ4v) is 2.81. The number of nitro groups is 1. The Morgan fingerprint density at radius 3 is 2.75 bits per heavy atom. The molecule has 146 valence electrons. The molecule has 0 saturated heterocycles. The Kier molecular flexibility index (Phi) is 6.17. The molecule has 0 radical (unpaired) electrons. The molecule has 1 N–H and O–H groups in total. The van der Waals surface area contributed by atoms with Crippen molar-refractivity contribution in [3.63, 3.8) is 0 Å². The first-order chi connectivity index (χ1) is 13.5. The molecule has 0 fully saturated rings. The summed E-state index contributed by atoms with van der Waals surface area (Å²) in [5, 5.41) is 16.0. The van der Waals surface area contributed by atoms with Gasteiger partial charge in [-0.3, -0.25) is 14.9 Å². The van der Waals surface area contributed by atoms with E-state index in [2.05, 4.69) is 10.3 Å². The monoisotopic (exact) mass is 405 g/mol. The van der Waals surface area contributed by atoms with Crippen LogP contribution >= 0.6 is 11.3 Å². The van der Waals surface area contributed by atoms with Crippen molar-refractivity contribution >= 4 is 40.7 Å². The van der Waals surface area contributed by atoms with E-state index < -0.39 is 23.4 Å². The van der Waals surface area contributed by atoms with E-state index in [1.807, 2.05) is 0 Å². The Balaban J connectivity index is 1.63. The molecule has 0 saturated carbocycles. The van der Waals surface area contributed by atoms with Crippen LogP contribution in [-0.4, -0.2) is 41.6 Å². The molecular formula is C17H15N3O7S. The maximum Gasteiger partial charge on any atom is 0.331 e. The number of nitro benzene ring substituents is 1. The summed E-state index contributed by atoms with van der Waals surface area (Å²) in [4.78, 5) is 38.3. The number of anilines is 1. The number of carbonyl (C=O) groups is 2. The zero-order chi connectivity index (χ0) is 19.9. The van der Waals surface area contributed by atoms with Gasteiger partial charge >= 0.3 is 5.97 Å². The van der Waals surface area contributed by atoms with Gasteiger partial charge in [-0.05, 0) is 6.08 Å². The van der Waals surface area contributed by atoms with Crippen LogP contribution in [-0.2, 0) is 14.3 Å². The van der Waals surface area contributed by atoms with Crippen LogP contribution in [0.5, 0.6) is 11.5 Å². The molecule has 1 aliphatic heterocycles. The third kappa shape index (κ3) is 5.04. The Morgan fingerprint density at radius 2 is 2.07 bits per heavy atom. The minimum absolute atomic E-state index is 0.0753. The van der Waals surface area contributed by atoms with Gasteiger partial charge in [0.2, 0.25) is 0 Å². The first-order valence-electron chi connectivity index (χ1n) is 8.15. The van der Waals surface area contributed by atoms with E-state index >= 15 is 0 Å². The molecule has 0 spiro atoms. The molecule has 1 aromatic carbocycles. The van der Waals surface area contributed by atoms with E-state index in [4.69, 9.17) is 14.2 Å². The van der Waals surface area contributed by atoms with Crippen molar-refractivity contribution in [3.8, 4) is 11.5 Å². The summed E-state index contributed by atoms with van der Waals surface area (Å²) < 4.78 is 15.7. The minimum Gasteiger partial charge on any atom is -0.489 e. The highest BCUT2D eigenvalue weighted by Gasteiger charge is 2.23. The first-order valence-corrected chi connectivity index (χ1v) is 9.03. The fourth-order valence-electron chi connectivity index (χ4n) is 2.28. The molecule has 2 heterocycles. The molecular weight excluding hydrogens is 390 g/mol. The third-order valence-electron chi connectivity index (χ3n) is 3.50. The number of ether oxygens (including phenoxy) is 3. The standard InChI is InChI=1S/C17H15N3O7S/c21-15(10-27-17(22)3-2-16-18-4-7-28-16)19-11-8-13-14(9-12(11)20(23)24)26-6-1-5-25-13/h2-4,7-9H,1,5-6,10H2,(H,19,21). The summed E-state index contributed by atoms with van der Waals surface area (Å²) in [5.41, 5.74) is -0.429. The van der Waals surface area contributed by atoms with E-state index in [-0.39, 0.29) is 17.1 Å². The lowest BCUT2D eigenvalue weighted by molar-refractivity contribution is -0.384. The third-order valence-corrected chi connectivity index (χ3v) is 4.24. The summed E-state index contributed by atoms with van der Waals surface area (Å²) in [5.74, 6) is -0.935. The summed E-state index contributed by atoms with van der Waals surface area (Å²) in [6, 6.07) is 2.51. The van der Waals surface area contributed by atoms with Gasteiger partial charge < -0.3 is 19.5 Å². The Hall–Kier alpha value is -3.47. The largest absolute Gasteiger partial charge is 0.489 e. The molecule has 1 aromatic heterocycles. The number of thiazole rings is 1. The van der Waals surface area contributed by atoms with Crippen LogP contribution in [0.3, 0.4) is 0 Å². The second-order valence-electron chi connectivity index (χ2n) is 5.48. The quantitative estimate of drug-likeness (QED) is 0.336. The number of aromatic nitrogens is 1. The van der Waals surface area contributed by atoms with Gasteiger partial charge in [-0.1, -0.05) is 0 Å². The summed E-state index contributed by atoms with van der Waals surface area (Å²) in [6.45, 7) is 0.161. The van der Waals surface area contributed by atoms with E-state index in [9.17, 15) is 19.7 Å². The summed E-state index contributed by atoms with van der Waals surface area (Å²) in [7, 11) is 0. The highest BCUT2D eigenvalue weighted by atomic mass is 32.1. The first kappa shape index (κ1) is 19.3. The van der Waals surface area contributed by atoms with Gasteiger partial charge in [0, 0.05) is 30.1 Å². The second kappa shape index (κ2) is 8.95. The highest BCUT2D eigenvalue weighted by molar-refractivity contribution is 7.10. The van der Waals surface area contributed by atoms with Crippen molar-refractivity contribution in [1.82, 2.24) is 4.98 Å². The van der Waals surface area contributed by atoms with E-state index in [1.165, 1.54) is 29.5 Å². The average Bonchev–Trinajstić information content (AvgIpc) is 3.09. The number of rotatable bonds is 6. The number of fused-ring (bicyclic) bond motifs is 1. The van der Waals surface area contributed by atoms with Crippen LogP contribution in [0.15, 0.2) is 29.8 Å². The van der Waals surface area contributed by atoms with Crippen molar-refractivity contribution in [2.45, 2.75) is 6.42 Å². The summed E-state index contributed by atoms with van der Waals surface area (Å²) in [6.07, 6.45) is 4.82. The Morgan fingerprint density at radius 1 is 1.32 bits per heavy atom. The van der Waals surface area contributed by atoms with Gasteiger partial charge in [-0.2, -0.15) is 0 Å². The second-order valence-corrected chi connectivity index (χ2v) is 6.41. The number of hydrogen-bond acceptors (Lipinski definition) is 9. The minimum atomic E-state index is -0.737. The lowest BCUT2D eigenvalue weighted by Gasteiger charge is -2.11. The number of esters is 1. The van der Waals surface area contributed by atoms with E-state index in [1.54, 1.807) is 11.6 Å². The van der Waals surface area contributed by atoms with Crippen molar-refractivity contribution in [2.75, 3.05) is 25.1 Å². The maximum absolute atomic E-state index is 12.0. The van der Waals surface area contributed by atoms with E-state index in [0.717, 1.165) is 6.08 Å². The summed E-state index contributed by atoms with van der Waals surface area (Å²) >= 11 is 1.34. The number of nitrogens with zero attached hydrogens (tertiary/aromatic N) is 2. The molecule has 11 heteroatoms. The molecule has 3 rings (SSSR count). The molecule has 2 aromatic rings. The molecule has 1 amide bonds. The molecule has 0 aliphatic carbocycles. The number of nitrogens with one attached hydrogen (secondary N) is 1. The molecule has 1 aliphatic rings. The van der Waals surface area contributed by atoms with Gasteiger partial charge in [0.1, 0.15) is 10.7 Å². The SMILES string of the molecule is O=C(COC(=O)C=Cc1nccs1)Nc1cc2c(cc1[N+](=O)[O-])OCCCO2. The topological polar surface area (TPSA) is 130 Å². The normalized spacial score (nSPS) is 13.0. The lowest BCUT2D eigenvalue weighted by Crippen LogP contribution is -2.20. The fraction of sp³-hybridized carbons (Fsp3) is 0.235. The van der Waals surface area contributed by atoms with Crippen LogP contribution in [0.1, 0.15) is 11.4 Å². The molecule has 0 atom stereocenters. The number of benzene rings is 1. The van der Waals surface area contributed by atoms with Crippen molar-refractivity contribution in [1.29, 1.82) is 0 Å². The predicted octanol–water partition coefficient (Wildman–Crippen LogP) is 2.41. The van der Waals surface area contributed by atoms with Crippen LogP contribution in [0.2, 0.25) is 0 Å². The zero-order valence-electron chi connectivity index (χ0n) is 14.5. The van der Waals surface area contributed by atoms with Crippen LogP contribution in [0, 0.1) is 10.1 Å². The van der Waals surface area contributed by atoms with Crippen LogP contribution < -0.4 is 14.8 Å². The molecule has 28 heavy (non-hydrogen) atoms. The molecule has 0 bridgehead atoms. The van der Waals surface area contributed by atoms with Crippen molar-refractivity contribution in [3.05, 3.63) is 44.9 Å².